The van der Waals surface area contributed by atoms with Crippen molar-refractivity contribution < 1.29 is 0 Å². The maximum Gasteiger partial charge on any atom is 0.00385 e. The lowest BCUT2D eigenvalue weighted by Crippen LogP contribution is -2.31. The second kappa shape index (κ2) is 4.10. The Morgan fingerprint density at radius 3 is 2.55 bits per heavy atom. The van der Waals surface area contributed by atoms with Crippen LogP contribution in [0.15, 0.2) is 0 Å². The maximum atomic E-state index is 2.60. The smallest absolute Gasteiger partial charge is 0.00385 e. The van der Waals surface area contributed by atoms with E-state index in [1.165, 1.54) is 32.4 Å². The number of rotatable bonds is 1. The van der Waals surface area contributed by atoms with Gasteiger partial charge in [-0.1, -0.05) is 6.92 Å². The first-order valence-corrected chi connectivity index (χ1v) is 4.94. The van der Waals surface area contributed by atoms with Crippen molar-refractivity contribution in [2.75, 3.05) is 13.1 Å². The molecule has 1 aliphatic heterocycles. The Bertz CT molecular complexity index is 109. The Morgan fingerprint density at radius 1 is 1.18 bits per heavy atom. The summed E-state index contributed by atoms with van der Waals surface area (Å²) in [5.41, 5.74) is 0. The zero-order valence-electron chi connectivity index (χ0n) is 8.14. The molecule has 1 aliphatic rings. The van der Waals surface area contributed by atoms with Gasteiger partial charge in [-0.15, -0.1) is 0 Å². The molecule has 1 saturated heterocycles. The van der Waals surface area contributed by atoms with E-state index in [0.717, 1.165) is 12.0 Å². The minimum absolute atomic E-state index is 0.750. The lowest BCUT2D eigenvalue weighted by Gasteiger charge is -2.24. The van der Waals surface area contributed by atoms with Crippen molar-refractivity contribution in [1.29, 1.82) is 0 Å². The number of hydrogen-bond acceptors (Lipinski definition) is 1. The second-order valence-electron chi connectivity index (χ2n) is 4.17. The van der Waals surface area contributed by atoms with E-state index in [-0.39, 0.29) is 0 Å². The minimum Gasteiger partial charge on any atom is -0.301 e. The fourth-order valence-corrected chi connectivity index (χ4v) is 1.80. The second-order valence-corrected chi connectivity index (χ2v) is 4.17. The zero-order chi connectivity index (χ0) is 8.27. The van der Waals surface area contributed by atoms with Gasteiger partial charge in [0.1, 0.15) is 0 Å². The van der Waals surface area contributed by atoms with Gasteiger partial charge in [-0.3, -0.25) is 0 Å². The fourth-order valence-electron chi connectivity index (χ4n) is 1.80. The molecule has 0 aliphatic carbocycles. The normalized spacial score (nSPS) is 28.9. The van der Waals surface area contributed by atoms with Crippen molar-refractivity contribution in [3.8, 4) is 0 Å². The number of hydrogen-bond donors (Lipinski definition) is 0. The highest BCUT2D eigenvalue weighted by Gasteiger charge is 2.14. The lowest BCUT2D eigenvalue weighted by molar-refractivity contribution is 0.228. The van der Waals surface area contributed by atoms with Gasteiger partial charge in [0.2, 0.25) is 0 Å². The first-order valence-electron chi connectivity index (χ1n) is 4.94. The molecule has 0 aromatic heterocycles. The van der Waals surface area contributed by atoms with Crippen LogP contribution in [0, 0.1) is 5.92 Å². The Labute approximate surface area is 70.8 Å². The summed E-state index contributed by atoms with van der Waals surface area (Å²) >= 11 is 0. The average molecular weight is 155 g/mol. The van der Waals surface area contributed by atoms with Gasteiger partial charge in [-0.25, -0.2) is 0 Å². The molecule has 1 fully saturated rings. The molecule has 0 N–H and O–H groups in total. The Morgan fingerprint density at radius 2 is 1.91 bits per heavy atom. The summed E-state index contributed by atoms with van der Waals surface area (Å²) in [5.74, 6) is 0.957. The van der Waals surface area contributed by atoms with E-state index in [0.29, 0.717) is 0 Å². The van der Waals surface area contributed by atoms with Crippen molar-refractivity contribution in [2.24, 2.45) is 5.92 Å². The van der Waals surface area contributed by atoms with Gasteiger partial charge in [0.05, 0.1) is 0 Å². The summed E-state index contributed by atoms with van der Waals surface area (Å²) in [6.45, 7) is 9.62. The zero-order valence-corrected chi connectivity index (χ0v) is 8.14. The summed E-state index contributed by atoms with van der Waals surface area (Å²) in [6.07, 6.45) is 4.24. The quantitative estimate of drug-likeness (QED) is 0.562. The molecule has 1 heterocycles. The van der Waals surface area contributed by atoms with E-state index >= 15 is 0 Å². The van der Waals surface area contributed by atoms with Gasteiger partial charge in [-0.2, -0.15) is 0 Å². The van der Waals surface area contributed by atoms with E-state index in [1.807, 2.05) is 0 Å². The fraction of sp³-hybridized carbons (Fsp3) is 1.00. The van der Waals surface area contributed by atoms with Gasteiger partial charge in [0, 0.05) is 6.04 Å². The first kappa shape index (κ1) is 9.05. The van der Waals surface area contributed by atoms with Crippen LogP contribution in [0.3, 0.4) is 0 Å². The highest BCUT2D eigenvalue weighted by molar-refractivity contribution is 4.69. The van der Waals surface area contributed by atoms with E-state index in [4.69, 9.17) is 0 Å². The molecule has 0 radical (unpaired) electrons. The molecule has 1 rings (SSSR count). The Hall–Kier alpha value is -0.0400. The highest BCUT2D eigenvalue weighted by atomic mass is 15.1. The topological polar surface area (TPSA) is 3.24 Å². The molecule has 1 nitrogen and oxygen atoms in total. The van der Waals surface area contributed by atoms with Gasteiger partial charge < -0.3 is 4.90 Å². The van der Waals surface area contributed by atoms with Crippen LogP contribution in [0.25, 0.3) is 0 Å². The lowest BCUT2D eigenvalue weighted by atomic mass is 10.0. The number of likely N-dealkylation sites (tertiary alicyclic amines) is 1. The van der Waals surface area contributed by atoms with Crippen LogP contribution in [0.4, 0.5) is 0 Å². The first-order chi connectivity index (χ1) is 5.20. The van der Waals surface area contributed by atoms with Gasteiger partial charge in [0.15, 0.2) is 0 Å². The minimum atomic E-state index is 0.750. The molecule has 0 unspecified atom stereocenters. The summed E-state index contributed by atoms with van der Waals surface area (Å²) < 4.78 is 0. The van der Waals surface area contributed by atoms with Crippen molar-refractivity contribution in [1.82, 2.24) is 4.90 Å². The monoisotopic (exact) mass is 155 g/mol. The van der Waals surface area contributed by atoms with Crippen LogP contribution < -0.4 is 0 Å². The van der Waals surface area contributed by atoms with E-state index < -0.39 is 0 Å². The molecular formula is C10H21N. The third-order valence-corrected chi connectivity index (χ3v) is 2.78. The Balaban J connectivity index is 2.34. The van der Waals surface area contributed by atoms with Crippen LogP contribution >= 0.6 is 0 Å². The van der Waals surface area contributed by atoms with Gasteiger partial charge >= 0.3 is 0 Å². The molecular weight excluding hydrogens is 134 g/mol. The molecule has 0 saturated carbocycles. The molecule has 66 valence electrons. The standard InChI is InChI=1S/C10H21N/c1-9(2)11-7-4-5-10(3)6-8-11/h9-10H,4-8H2,1-3H3/t10-/m1/s1. The Kier molecular flexibility index (Phi) is 3.38. The largest absolute Gasteiger partial charge is 0.301 e. The van der Waals surface area contributed by atoms with Gasteiger partial charge in [-0.05, 0) is 52.1 Å². The van der Waals surface area contributed by atoms with Crippen LogP contribution in [-0.2, 0) is 0 Å². The SMILES string of the molecule is CC(C)N1CCC[C@@H](C)CC1. The summed E-state index contributed by atoms with van der Waals surface area (Å²) in [7, 11) is 0. The van der Waals surface area contributed by atoms with Crippen molar-refractivity contribution in [3.63, 3.8) is 0 Å². The molecule has 0 aromatic carbocycles. The molecule has 1 heteroatoms. The van der Waals surface area contributed by atoms with Crippen molar-refractivity contribution in [2.45, 2.75) is 46.1 Å². The van der Waals surface area contributed by atoms with Crippen LogP contribution in [0.2, 0.25) is 0 Å². The molecule has 11 heavy (non-hydrogen) atoms. The summed E-state index contributed by atoms with van der Waals surface area (Å²) in [4.78, 5) is 2.60. The molecule has 0 bridgehead atoms. The van der Waals surface area contributed by atoms with Gasteiger partial charge in [0.25, 0.3) is 0 Å². The van der Waals surface area contributed by atoms with Crippen molar-refractivity contribution in [3.05, 3.63) is 0 Å². The van der Waals surface area contributed by atoms with Crippen molar-refractivity contribution >= 4 is 0 Å². The van der Waals surface area contributed by atoms with Crippen LogP contribution in [0.5, 0.6) is 0 Å². The third kappa shape index (κ3) is 2.82. The summed E-state index contributed by atoms with van der Waals surface area (Å²) in [5, 5.41) is 0. The predicted molar refractivity (Wildman–Crippen MR) is 49.7 cm³/mol. The molecule has 0 aromatic rings. The maximum absolute atomic E-state index is 2.60. The number of nitrogens with zero attached hydrogens (tertiary/aromatic N) is 1. The molecule has 0 spiro atoms. The third-order valence-electron chi connectivity index (χ3n) is 2.78. The van der Waals surface area contributed by atoms with E-state index in [9.17, 15) is 0 Å². The summed E-state index contributed by atoms with van der Waals surface area (Å²) in [6, 6.07) is 0.750. The van der Waals surface area contributed by atoms with Crippen LogP contribution in [0.1, 0.15) is 40.0 Å². The molecule has 0 amide bonds. The van der Waals surface area contributed by atoms with E-state index in [1.54, 1.807) is 0 Å². The van der Waals surface area contributed by atoms with Crippen LogP contribution in [-0.4, -0.2) is 24.0 Å². The predicted octanol–water partition coefficient (Wildman–Crippen LogP) is 2.52. The molecule has 1 atom stereocenters. The average Bonchev–Trinajstić information content (AvgIpc) is 2.13. The van der Waals surface area contributed by atoms with E-state index in [2.05, 4.69) is 25.7 Å². The highest BCUT2D eigenvalue weighted by Crippen LogP contribution is 2.17.